The molecule has 0 radical (unpaired) electrons. The van der Waals surface area contributed by atoms with E-state index in [1.54, 1.807) is 4.90 Å². The SMILES string of the molecule is CCC(C)(C)CC1C(=O)N(C2CC(C)(C)NC(C)(C)C2)C(=O)C1(C)C. The van der Waals surface area contributed by atoms with Gasteiger partial charge in [-0.3, -0.25) is 14.5 Å². The molecular weight excluding hydrogens is 312 g/mol. The molecular formula is C21H38N2O2. The third-order valence-corrected chi connectivity index (χ3v) is 6.42. The molecule has 0 aromatic carbocycles. The Bertz CT molecular complexity index is 544. The highest BCUT2D eigenvalue weighted by Crippen LogP contribution is 2.47. The van der Waals surface area contributed by atoms with E-state index in [-0.39, 0.29) is 40.3 Å². The van der Waals surface area contributed by atoms with Gasteiger partial charge in [-0.25, -0.2) is 0 Å². The lowest BCUT2D eigenvalue weighted by molar-refractivity contribution is -0.145. The molecule has 2 heterocycles. The molecule has 2 amide bonds. The Morgan fingerprint density at radius 3 is 1.96 bits per heavy atom. The lowest BCUT2D eigenvalue weighted by Crippen LogP contribution is -2.63. The number of carbonyl (C=O) groups is 2. The van der Waals surface area contributed by atoms with Crippen molar-refractivity contribution in [1.29, 1.82) is 0 Å². The number of piperidine rings is 1. The van der Waals surface area contributed by atoms with E-state index in [0.29, 0.717) is 0 Å². The highest BCUT2D eigenvalue weighted by Gasteiger charge is 2.57. The second kappa shape index (κ2) is 6.07. The van der Waals surface area contributed by atoms with Crippen LogP contribution in [0.3, 0.4) is 0 Å². The van der Waals surface area contributed by atoms with Gasteiger partial charge in [-0.05, 0) is 52.4 Å². The molecule has 0 aliphatic carbocycles. The molecule has 25 heavy (non-hydrogen) atoms. The van der Waals surface area contributed by atoms with E-state index >= 15 is 0 Å². The molecule has 0 spiro atoms. The van der Waals surface area contributed by atoms with E-state index in [9.17, 15) is 9.59 Å². The normalized spacial score (nSPS) is 29.3. The first-order valence-corrected chi connectivity index (χ1v) is 9.79. The quantitative estimate of drug-likeness (QED) is 0.776. The van der Waals surface area contributed by atoms with Gasteiger partial charge in [-0.2, -0.15) is 0 Å². The van der Waals surface area contributed by atoms with Crippen LogP contribution in [0, 0.1) is 16.7 Å². The average Bonchev–Trinajstić information content (AvgIpc) is 2.56. The summed E-state index contributed by atoms with van der Waals surface area (Å²) >= 11 is 0. The number of carbonyl (C=O) groups excluding carboxylic acids is 2. The average molecular weight is 351 g/mol. The van der Waals surface area contributed by atoms with Crippen LogP contribution in [0.1, 0.15) is 88.0 Å². The summed E-state index contributed by atoms with van der Waals surface area (Å²) in [5, 5.41) is 3.65. The molecule has 2 saturated heterocycles. The molecule has 1 unspecified atom stereocenters. The number of amides is 2. The van der Waals surface area contributed by atoms with Gasteiger partial charge in [0.25, 0.3) is 0 Å². The van der Waals surface area contributed by atoms with E-state index in [2.05, 4.69) is 53.8 Å². The molecule has 2 fully saturated rings. The van der Waals surface area contributed by atoms with E-state index in [4.69, 9.17) is 0 Å². The minimum atomic E-state index is -0.608. The highest BCUT2D eigenvalue weighted by molar-refractivity contribution is 6.07. The zero-order chi connectivity index (χ0) is 19.4. The predicted octanol–water partition coefficient (Wildman–Crippen LogP) is 4.13. The van der Waals surface area contributed by atoms with E-state index in [1.807, 2.05) is 13.8 Å². The van der Waals surface area contributed by atoms with E-state index < -0.39 is 5.41 Å². The minimum Gasteiger partial charge on any atom is -0.307 e. The number of hydrogen-bond acceptors (Lipinski definition) is 3. The van der Waals surface area contributed by atoms with Crippen LogP contribution in [0.4, 0.5) is 0 Å². The van der Waals surface area contributed by atoms with E-state index in [1.165, 1.54) is 0 Å². The van der Waals surface area contributed by atoms with Gasteiger partial charge in [0.05, 0.1) is 11.3 Å². The molecule has 0 saturated carbocycles. The minimum absolute atomic E-state index is 0.0136. The first-order valence-electron chi connectivity index (χ1n) is 9.79. The topological polar surface area (TPSA) is 49.4 Å². The second-order valence-electron chi connectivity index (χ2n) is 11.0. The van der Waals surface area contributed by atoms with Gasteiger partial charge < -0.3 is 5.32 Å². The van der Waals surface area contributed by atoms with Crippen molar-refractivity contribution in [1.82, 2.24) is 10.2 Å². The summed E-state index contributed by atoms with van der Waals surface area (Å²) in [6, 6.07) is -0.0136. The molecule has 144 valence electrons. The first kappa shape index (κ1) is 20.4. The van der Waals surface area contributed by atoms with Gasteiger partial charge in [0.1, 0.15) is 0 Å². The lowest BCUT2D eigenvalue weighted by Gasteiger charge is -2.48. The lowest BCUT2D eigenvalue weighted by atomic mass is 9.71. The predicted molar refractivity (Wildman–Crippen MR) is 102 cm³/mol. The van der Waals surface area contributed by atoms with Crippen LogP contribution in [-0.2, 0) is 9.59 Å². The van der Waals surface area contributed by atoms with Crippen LogP contribution in [0.2, 0.25) is 0 Å². The Morgan fingerprint density at radius 1 is 1.04 bits per heavy atom. The molecule has 0 bridgehead atoms. The van der Waals surface area contributed by atoms with Crippen molar-refractivity contribution in [3.8, 4) is 0 Å². The summed E-state index contributed by atoms with van der Waals surface area (Å²) in [5.41, 5.74) is -0.709. The standard InChI is InChI=1S/C21H38N2O2/c1-10-18(2,3)13-15-16(24)23(17(25)21(15,8)9)14-11-19(4,5)22-20(6,7)12-14/h14-15,22H,10-13H2,1-9H3. The van der Waals surface area contributed by atoms with Gasteiger partial charge in [-0.1, -0.05) is 41.0 Å². The monoisotopic (exact) mass is 350 g/mol. The molecule has 4 nitrogen and oxygen atoms in total. The van der Waals surface area contributed by atoms with Crippen molar-refractivity contribution in [3.05, 3.63) is 0 Å². The van der Waals surface area contributed by atoms with Crippen LogP contribution < -0.4 is 5.32 Å². The number of nitrogens with zero attached hydrogens (tertiary/aromatic N) is 1. The molecule has 0 aromatic heterocycles. The maximum absolute atomic E-state index is 13.3. The van der Waals surface area contributed by atoms with Crippen LogP contribution >= 0.6 is 0 Å². The van der Waals surface area contributed by atoms with Crippen molar-refractivity contribution in [2.75, 3.05) is 0 Å². The fourth-order valence-corrected chi connectivity index (χ4v) is 4.87. The van der Waals surface area contributed by atoms with Gasteiger partial charge in [0.2, 0.25) is 11.8 Å². The second-order valence-corrected chi connectivity index (χ2v) is 11.0. The number of nitrogens with one attached hydrogen (secondary N) is 1. The molecule has 4 heteroatoms. The fraction of sp³-hybridized carbons (Fsp3) is 0.905. The third kappa shape index (κ3) is 3.94. The number of hydrogen-bond donors (Lipinski definition) is 1. The molecule has 2 aliphatic heterocycles. The number of rotatable bonds is 4. The van der Waals surface area contributed by atoms with Crippen molar-refractivity contribution >= 4 is 11.8 Å². The number of likely N-dealkylation sites (tertiary alicyclic amines) is 1. The summed E-state index contributed by atoms with van der Waals surface area (Å²) in [4.78, 5) is 28.2. The Morgan fingerprint density at radius 2 is 1.52 bits per heavy atom. The van der Waals surface area contributed by atoms with Crippen LogP contribution in [0.5, 0.6) is 0 Å². The van der Waals surface area contributed by atoms with E-state index in [0.717, 1.165) is 25.7 Å². The molecule has 0 aromatic rings. The van der Waals surface area contributed by atoms with Crippen LogP contribution in [0.15, 0.2) is 0 Å². The molecule has 2 rings (SSSR count). The van der Waals surface area contributed by atoms with Gasteiger partial charge in [0, 0.05) is 17.1 Å². The summed E-state index contributed by atoms with van der Waals surface area (Å²) in [7, 11) is 0. The smallest absolute Gasteiger partial charge is 0.235 e. The zero-order valence-corrected chi connectivity index (χ0v) is 17.7. The van der Waals surface area contributed by atoms with Crippen molar-refractivity contribution in [2.24, 2.45) is 16.7 Å². The maximum atomic E-state index is 13.3. The summed E-state index contributed by atoms with van der Waals surface area (Å²) < 4.78 is 0. The Hall–Kier alpha value is -0.900. The van der Waals surface area contributed by atoms with Gasteiger partial charge in [0.15, 0.2) is 0 Å². The van der Waals surface area contributed by atoms with Gasteiger partial charge in [-0.15, -0.1) is 0 Å². The molecule has 1 atom stereocenters. The summed E-state index contributed by atoms with van der Waals surface area (Å²) in [6.45, 7) is 19.1. The van der Waals surface area contributed by atoms with Crippen molar-refractivity contribution in [3.63, 3.8) is 0 Å². The summed E-state index contributed by atoms with van der Waals surface area (Å²) in [6.07, 6.45) is 3.41. The number of imide groups is 1. The fourth-order valence-electron chi connectivity index (χ4n) is 4.87. The van der Waals surface area contributed by atoms with Crippen molar-refractivity contribution < 1.29 is 9.59 Å². The Kier molecular flexibility index (Phi) is 4.96. The largest absolute Gasteiger partial charge is 0.307 e. The summed E-state index contributed by atoms with van der Waals surface area (Å²) in [5.74, 6) is -0.140. The van der Waals surface area contributed by atoms with Gasteiger partial charge >= 0.3 is 0 Å². The molecule has 1 N–H and O–H groups in total. The van der Waals surface area contributed by atoms with Crippen LogP contribution in [0.25, 0.3) is 0 Å². The first-order chi connectivity index (χ1) is 11.1. The maximum Gasteiger partial charge on any atom is 0.235 e. The zero-order valence-electron chi connectivity index (χ0n) is 17.7. The molecule has 2 aliphatic rings. The van der Waals surface area contributed by atoms with Crippen LogP contribution in [-0.4, -0.2) is 33.8 Å². The Balaban J connectivity index is 2.33. The third-order valence-electron chi connectivity index (χ3n) is 6.42. The highest BCUT2D eigenvalue weighted by atomic mass is 16.2. The van der Waals surface area contributed by atoms with Crippen molar-refractivity contribution in [2.45, 2.75) is 105 Å². The Labute approximate surface area is 154 Å².